The monoisotopic (exact) mass is 485 g/mol. The third-order valence-electron chi connectivity index (χ3n) is 6.09. The number of nitrogens with zero attached hydrogens (tertiary/aromatic N) is 1. The van der Waals surface area contributed by atoms with Crippen molar-refractivity contribution >= 4 is 17.2 Å². The molecule has 0 aliphatic carbocycles. The molecule has 0 fully saturated rings. The Morgan fingerprint density at radius 3 is 1.35 bits per heavy atom. The molecule has 0 saturated heterocycles. The maximum absolute atomic E-state index is 13.0. The van der Waals surface area contributed by atoms with Gasteiger partial charge in [-0.05, 0) is 104 Å². The van der Waals surface area contributed by atoms with E-state index in [0.717, 1.165) is 22.9 Å². The molecule has 37 heavy (non-hydrogen) atoms. The third kappa shape index (κ3) is 5.88. The van der Waals surface area contributed by atoms with Gasteiger partial charge in [0.1, 0.15) is 23.0 Å². The van der Waals surface area contributed by atoms with Crippen LogP contribution in [0, 0.1) is 6.92 Å². The van der Waals surface area contributed by atoms with Crippen LogP contribution in [0.1, 0.15) is 21.5 Å². The molecular weight excluding hydrogens is 458 g/mol. The molecule has 4 nitrogen and oxygen atoms in total. The van der Waals surface area contributed by atoms with Crippen LogP contribution in [0.2, 0.25) is 0 Å². The normalized spacial score (nSPS) is 10.5. The molecule has 0 saturated carbocycles. The molecule has 182 valence electrons. The average Bonchev–Trinajstić information content (AvgIpc) is 2.95. The minimum absolute atomic E-state index is 0.0539. The summed E-state index contributed by atoms with van der Waals surface area (Å²) in [5.74, 6) is 2.79. The van der Waals surface area contributed by atoms with Gasteiger partial charge in [-0.1, -0.05) is 35.9 Å². The van der Waals surface area contributed by atoms with Crippen molar-refractivity contribution in [1.82, 2.24) is 0 Å². The van der Waals surface area contributed by atoms with Crippen LogP contribution >= 0.6 is 0 Å². The summed E-state index contributed by atoms with van der Waals surface area (Å²) in [5.41, 5.74) is 4.55. The van der Waals surface area contributed by atoms with Crippen LogP contribution in [0.25, 0.3) is 0 Å². The lowest BCUT2D eigenvalue weighted by Gasteiger charge is -2.19. The first kappa shape index (κ1) is 23.9. The first-order chi connectivity index (χ1) is 18.0. The van der Waals surface area contributed by atoms with E-state index >= 15 is 0 Å². The summed E-state index contributed by atoms with van der Waals surface area (Å²) in [5, 5.41) is 0. The molecule has 5 aromatic carbocycles. The Morgan fingerprint density at radius 2 is 0.892 bits per heavy atom. The van der Waals surface area contributed by atoms with Gasteiger partial charge in [-0.3, -0.25) is 4.79 Å². The number of para-hydroxylation sites is 1. The highest BCUT2D eigenvalue weighted by molar-refractivity contribution is 6.09. The van der Waals surface area contributed by atoms with Crippen molar-refractivity contribution in [2.75, 3.05) is 11.9 Å². The number of rotatable bonds is 8. The van der Waals surface area contributed by atoms with Crippen molar-refractivity contribution in [1.29, 1.82) is 0 Å². The minimum Gasteiger partial charge on any atom is -0.457 e. The van der Waals surface area contributed by atoms with Crippen LogP contribution < -0.4 is 14.4 Å². The van der Waals surface area contributed by atoms with Crippen molar-refractivity contribution in [2.24, 2.45) is 0 Å². The van der Waals surface area contributed by atoms with Crippen LogP contribution in [0.4, 0.5) is 11.4 Å². The Kier molecular flexibility index (Phi) is 7.00. The zero-order chi connectivity index (χ0) is 25.6. The second kappa shape index (κ2) is 10.8. The van der Waals surface area contributed by atoms with Crippen LogP contribution in [-0.4, -0.2) is 12.8 Å². The number of aryl methyl sites for hydroxylation is 1. The number of hydrogen-bond acceptors (Lipinski definition) is 4. The van der Waals surface area contributed by atoms with Gasteiger partial charge >= 0.3 is 0 Å². The Balaban J connectivity index is 1.20. The number of carbonyl (C=O) groups is 1. The van der Waals surface area contributed by atoms with Crippen LogP contribution in [0.15, 0.2) is 127 Å². The lowest BCUT2D eigenvalue weighted by Crippen LogP contribution is -2.08. The molecule has 0 aliphatic heterocycles. The van der Waals surface area contributed by atoms with Crippen molar-refractivity contribution in [2.45, 2.75) is 6.92 Å². The molecule has 0 N–H and O–H groups in total. The van der Waals surface area contributed by atoms with Crippen molar-refractivity contribution in [3.63, 3.8) is 0 Å². The molecule has 4 heteroatoms. The van der Waals surface area contributed by atoms with Crippen molar-refractivity contribution in [3.8, 4) is 23.0 Å². The molecule has 0 spiro atoms. The summed E-state index contributed by atoms with van der Waals surface area (Å²) in [7, 11) is 2.03. The summed E-state index contributed by atoms with van der Waals surface area (Å²) in [4.78, 5) is 15.1. The summed E-state index contributed by atoms with van der Waals surface area (Å²) in [6.07, 6.45) is 0. The number of ether oxygens (including phenoxy) is 2. The Bertz CT molecular complexity index is 1460. The van der Waals surface area contributed by atoms with E-state index in [9.17, 15) is 4.79 Å². The van der Waals surface area contributed by atoms with Gasteiger partial charge in [0.05, 0.1) is 0 Å². The molecule has 0 atom stereocenters. The van der Waals surface area contributed by atoms with Gasteiger partial charge in [0.15, 0.2) is 5.78 Å². The maximum atomic E-state index is 13.0. The fraction of sp³-hybridized carbons (Fsp3) is 0.0606. The zero-order valence-corrected chi connectivity index (χ0v) is 20.8. The van der Waals surface area contributed by atoms with Crippen LogP contribution in [0.3, 0.4) is 0 Å². The fourth-order valence-electron chi connectivity index (χ4n) is 3.93. The van der Waals surface area contributed by atoms with Gasteiger partial charge in [-0.2, -0.15) is 0 Å². The summed E-state index contributed by atoms with van der Waals surface area (Å²) < 4.78 is 11.9. The van der Waals surface area contributed by atoms with E-state index in [2.05, 4.69) is 17.0 Å². The maximum Gasteiger partial charge on any atom is 0.193 e. The predicted molar refractivity (Wildman–Crippen MR) is 149 cm³/mol. The van der Waals surface area contributed by atoms with E-state index in [0.29, 0.717) is 22.6 Å². The number of hydrogen-bond donors (Lipinski definition) is 0. The van der Waals surface area contributed by atoms with Crippen molar-refractivity contribution < 1.29 is 14.3 Å². The molecule has 0 heterocycles. The van der Waals surface area contributed by atoms with Gasteiger partial charge < -0.3 is 14.4 Å². The smallest absolute Gasteiger partial charge is 0.193 e. The van der Waals surface area contributed by atoms with E-state index in [1.165, 1.54) is 5.56 Å². The number of benzene rings is 5. The quantitative estimate of drug-likeness (QED) is 0.206. The summed E-state index contributed by atoms with van der Waals surface area (Å²) in [6.45, 7) is 2.03. The molecular formula is C33H27NO3. The molecule has 5 aromatic rings. The van der Waals surface area contributed by atoms with Crippen LogP contribution in [0.5, 0.6) is 23.0 Å². The Morgan fingerprint density at radius 1 is 0.514 bits per heavy atom. The lowest BCUT2D eigenvalue weighted by atomic mass is 10.0. The Hall–Kier alpha value is -4.83. The summed E-state index contributed by atoms with van der Waals surface area (Å²) in [6, 6.07) is 40.3. The van der Waals surface area contributed by atoms with Gasteiger partial charge in [-0.15, -0.1) is 0 Å². The van der Waals surface area contributed by atoms with Crippen LogP contribution in [-0.2, 0) is 0 Å². The minimum atomic E-state index is -0.0539. The lowest BCUT2D eigenvalue weighted by molar-refractivity contribution is 0.103. The molecule has 0 amide bonds. The third-order valence-corrected chi connectivity index (χ3v) is 6.09. The van der Waals surface area contributed by atoms with E-state index in [4.69, 9.17) is 9.47 Å². The Labute approximate surface area is 217 Å². The standard InChI is InChI=1S/C33H27NO3/c1-24-8-16-29(17-9-24)36-30-18-10-25(11-19-30)33(35)26-12-20-31(21-13-26)37-32-22-14-28(15-23-32)34(2)27-6-4-3-5-7-27/h3-23H,1-2H3. The fourth-order valence-corrected chi connectivity index (χ4v) is 3.93. The molecule has 5 rings (SSSR count). The second-order valence-corrected chi connectivity index (χ2v) is 8.78. The van der Waals surface area contributed by atoms with E-state index in [-0.39, 0.29) is 5.78 Å². The molecule has 0 bridgehead atoms. The largest absolute Gasteiger partial charge is 0.457 e. The van der Waals surface area contributed by atoms with E-state index < -0.39 is 0 Å². The van der Waals surface area contributed by atoms with E-state index in [1.54, 1.807) is 24.3 Å². The highest BCUT2D eigenvalue weighted by Gasteiger charge is 2.10. The molecule has 0 aliphatic rings. The number of carbonyl (C=O) groups excluding carboxylic acids is 1. The molecule has 0 unspecified atom stereocenters. The predicted octanol–water partition coefficient (Wildman–Crippen LogP) is 8.58. The zero-order valence-electron chi connectivity index (χ0n) is 20.8. The highest BCUT2D eigenvalue weighted by atomic mass is 16.5. The van der Waals surface area contributed by atoms with Gasteiger partial charge in [0, 0.05) is 29.5 Å². The molecule has 0 aromatic heterocycles. The van der Waals surface area contributed by atoms with Gasteiger partial charge in [0.25, 0.3) is 0 Å². The first-order valence-corrected chi connectivity index (χ1v) is 12.1. The number of ketones is 1. The first-order valence-electron chi connectivity index (χ1n) is 12.1. The van der Waals surface area contributed by atoms with E-state index in [1.807, 2.05) is 105 Å². The average molecular weight is 486 g/mol. The highest BCUT2D eigenvalue weighted by Crippen LogP contribution is 2.28. The molecule has 0 radical (unpaired) electrons. The van der Waals surface area contributed by atoms with Gasteiger partial charge in [0.2, 0.25) is 0 Å². The number of anilines is 2. The van der Waals surface area contributed by atoms with Gasteiger partial charge in [-0.25, -0.2) is 0 Å². The SMILES string of the molecule is Cc1ccc(Oc2ccc(C(=O)c3ccc(Oc4ccc(N(C)c5ccccc5)cc4)cc3)cc2)cc1. The summed E-state index contributed by atoms with van der Waals surface area (Å²) >= 11 is 0. The second-order valence-electron chi connectivity index (χ2n) is 8.78. The topological polar surface area (TPSA) is 38.8 Å². The van der Waals surface area contributed by atoms with Crippen molar-refractivity contribution in [3.05, 3.63) is 144 Å².